The van der Waals surface area contributed by atoms with Gasteiger partial charge in [0, 0.05) is 0 Å². The molecule has 1 N–H and O–H groups in total. The van der Waals surface area contributed by atoms with Gasteiger partial charge in [0.2, 0.25) is 0 Å². The molecule has 0 aromatic carbocycles. The number of carbonyl (C=O) groups is 1. The maximum absolute atomic E-state index is 11.3. The summed E-state index contributed by atoms with van der Waals surface area (Å²) in [6, 6.07) is 0.749. The van der Waals surface area contributed by atoms with Crippen LogP contribution in [0.5, 0.6) is 0 Å². The molecule has 2 aliphatic rings. The molecular formula is C9H14N2O2. The average Bonchev–Trinajstić information content (AvgIpc) is 2.63. The monoisotopic (exact) mass is 182 g/mol. The van der Waals surface area contributed by atoms with E-state index in [1.807, 2.05) is 0 Å². The van der Waals surface area contributed by atoms with Gasteiger partial charge >= 0.3 is 5.97 Å². The fourth-order valence-corrected chi connectivity index (χ4v) is 2.13. The Morgan fingerprint density at radius 3 is 3.23 bits per heavy atom. The van der Waals surface area contributed by atoms with Crippen LogP contribution in [0.3, 0.4) is 0 Å². The van der Waals surface area contributed by atoms with Crippen LogP contribution in [0.25, 0.3) is 0 Å². The Labute approximate surface area is 77.4 Å². The second kappa shape index (κ2) is 3.36. The van der Waals surface area contributed by atoms with Gasteiger partial charge in [-0.25, -0.2) is 0 Å². The second-order valence-electron chi connectivity index (χ2n) is 3.65. The fourth-order valence-electron chi connectivity index (χ4n) is 2.13. The highest BCUT2D eigenvalue weighted by atomic mass is 16.5. The van der Waals surface area contributed by atoms with Crippen molar-refractivity contribution in [2.45, 2.75) is 31.3 Å². The minimum Gasteiger partial charge on any atom is -0.469 e. The van der Waals surface area contributed by atoms with Crippen molar-refractivity contribution < 1.29 is 9.53 Å². The fraction of sp³-hybridized carbons (Fsp3) is 0.778. The lowest BCUT2D eigenvalue weighted by Gasteiger charge is -2.28. The number of ether oxygens (including phenoxy) is 1. The maximum atomic E-state index is 11.3. The molecule has 1 aliphatic carbocycles. The van der Waals surface area contributed by atoms with Crippen molar-refractivity contribution in [3.63, 3.8) is 0 Å². The van der Waals surface area contributed by atoms with Gasteiger partial charge in [-0.2, -0.15) is 0 Å². The zero-order chi connectivity index (χ0) is 9.26. The summed E-state index contributed by atoms with van der Waals surface area (Å²) in [6.45, 7) is 0. The Kier molecular flexibility index (Phi) is 2.20. The zero-order valence-electron chi connectivity index (χ0n) is 7.69. The average molecular weight is 182 g/mol. The van der Waals surface area contributed by atoms with Crippen molar-refractivity contribution >= 4 is 12.3 Å². The van der Waals surface area contributed by atoms with Crippen molar-refractivity contribution in [3.8, 4) is 0 Å². The minimum atomic E-state index is -0.0767. The molecule has 3 unspecified atom stereocenters. The number of aliphatic imine (C=N–C) groups is 1. The van der Waals surface area contributed by atoms with Crippen LogP contribution in [-0.2, 0) is 9.53 Å². The van der Waals surface area contributed by atoms with Gasteiger partial charge in [-0.05, 0) is 19.3 Å². The van der Waals surface area contributed by atoms with Crippen LogP contribution in [0.2, 0.25) is 0 Å². The van der Waals surface area contributed by atoms with Gasteiger partial charge in [-0.15, -0.1) is 0 Å². The van der Waals surface area contributed by atoms with E-state index in [-0.39, 0.29) is 11.9 Å². The molecular weight excluding hydrogens is 168 g/mol. The summed E-state index contributed by atoms with van der Waals surface area (Å²) in [7, 11) is 1.45. The third-order valence-electron chi connectivity index (χ3n) is 2.90. The Bertz CT molecular complexity index is 240. The molecule has 4 nitrogen and oxygen atoms in total. The number of rotatable bonds is 1. The predicted molar refractivity (Wildman–Crippen MR) is 48.6 cm³/mol. The van der Waals surface area contributed by atoms with Crippen LogP contribution in [0.15, 0.2) is 4.99 Å². The van der Waals surface area contributed by atoms with E-state index in [2.05, 4.69) is 10.3 Å². The van der Waals surface area contributed by atoms with E-state index in [0.717, 1.165) is 19.3 Å². The first kappa shape index (κ1) is 8.53. The van der Waals surface area contributed by atoms with E-state index in [9.17, 15) is 4.79 Å². The lowest BCUT2D eigenvalue weighted by atomic mass is 9.83. The third-order valence-corrected chi connectivity index (χ3v) is 2.90. The number of nitrogens with one attached hydrogen (secondary N) is 1. The Morgan fingerprint density at radius 1 is 1.62 bits per heavy atom. The molecule has 4 heteroatoms. The standard InChI is InChI=1S/C9H14N2O2/c1-13-9(12)6-2-3-7-8(4-6)11-5-10-7/h5-8H,2-4H2,1H3,(H,10,11). The molecule has 0 bridgehead atoms. The first-order valence-corrected chi connectivity index (χ1v) is 4.67. The van der Waals surface area contributed by atoms with Gasteiger partial charge in [-0.1, -0.05) is 0 Å². The summed E-state index contributed by atoms with van der Waals surface area (Å²) in [6.07, 6.45) is 4.52. The quantitative estimate of drug-likeness (QED) is 0.594. The summed E-state index contributed by atoms with van der Waals surface area (Å²) in [4.78, 5) is 15.6. The summed E-state index contributed by atoms with van der Waals surface area (Å²) in [5.41, 5.74) is 0. The minimum absolute atomic E-state index is 0.0699. The maximum Gasteiger partial charge on any atom is 0.308 e. The van der Waals surface area contributed by atoms with Gasteiger partial charge < -0.3 is 10.1 Å². The Balaban J connectivity index is 1.95. The van der Waals surface area contributed by atoms with Crippen LogP contribution in [0, 0.1) is 5.92 Å². The zero-order valence-corrected chi connectivity index (χ0v) is 7.69. The number of fused-ring (bicyclic) bond motifs is 1. The van der Waals surface area contributed by atoms with Gasteiger partial charge in [0.25, 0.3) is 0 Å². The van der Waals surface area contributed by atoms with Crippen LogP contribution in [0.4, 0.5) is 0 Å². The molecule has 0 saturated heterocycles. The summed E-state index contributed by atoms with van der Waals surface area (Å²) >= 11 is 0. The molecule has 0 radical (unpaired) electrons. The van der Waals surface area contributed by atoms with Gasteiger partial charge in [0.05, 0.1) is 31.4 Å². The summed E-state index contributed by atoms with van der Waals surface area (Å²) in [5.74, 6) is -0.00685. The number of hydrogen-bond acceptors (Lipinski definition) is 4. The molecule has 0 spiro atoms. The predicted octanol–water partition coefficient (Wildman–Crippen LogP) is 0.328. The lowest BCUT2D eigenvalue weighted by Crippen LogP contribution is -2.40. The number of carbonyl (C=O) groups excluding carboxylic acids is 1. The van der Waals surface area contributed by atoms with Crippen molar-refractivity contribution in [1.29, 1.82) is 0 Å². The highest BCUT2D eigenvalue weighted by molar-refractivity contribution is 5.72. The molecule has 1 aliphatic heterocycles. The van der Waals surface area contributed by atoms with Gasteiger partial charge in [-0.3, -0.25) is 9.79 Å². The lowest BCUT2D eigenvalue weighted by molar-refractivity contribution is -0.146. The molecule has 2 rings (SSSR count). The van der Waals surface area contributed by atoms with Crippen LogP contribution < -0.4 is 5.32 Å². The van der Waals surface area contributed by atoms with Gasteiger partial charge in [0.1, 0.15) is 0 Å². The van der Waals surface area contributed by atoms with E-state index in [1.165, 1.54) is 7.11 Å². The SMILES string of the molecule is COC(=O)C1CCC2N=CNC2C1. The van der Waals surface area contributed by atoms with Gasteiger partial charge in [0.15, 0.2) is 0 Å². The molecule has 3 atom stereocenters. The third kappa shape index (κ3) is 1.53. The molecule has 1 heterocycles. The molecule has 1 saturated carbocycles. The van der Waals surface area contributed by atoms with E-state index < -0.39 is 0 Å². The van der Waals surface area contributed by atoms with Crippen LogP contribution in [-0.4, -0.2) is 31.5 Å². The molecule has 0 amide bonds. The van der Waals surface area contributed by atoms with Crippen molar-refractivity contribution in [2.24, 2.45) is 10.9 Å². The largest absolute Gasteiger partial charge is 0.469 e. The molecule has 72 valence electrons. The van der Waals surface area contributed by atoms with E-state index in [0.29, 0.717) is 12.1 Å². The first-order valence-electron chi connectivity index (χ1n) is 4.67. The Morgan fingerprint density at radius 2 is 2.46 bits per heavy atom. The molecule has 0 aromatic rings. The first-order chi connectivity index (χ1) is 6.31. The summed E-state index contributed by atoms with van der Waals surface area (Å²) < 4.78 is 4.73. The molecule has 13 heavy (non-hydrogen) atoms. The van der Waals surface area contributed by atoms with Crippen molar-refractivity contribution in [2.75, 3.05) is 7.11 Å². The Hall–Kier alpha value is -1.06. The van der Waals surface area contributed by atoms with E-state index >= 15 is 0 Å². The highest BCUT2D eigenvalue weighted by Gasteiger charge is 2.35. The smallest absolute Gasteiger partial charge is 0.308 e. The molecule has 0 aromatic heterocycles. The topological polar surface area (TPSA) is 50.7 Å². The number of esters is 1. The normalized spacial score (nSPS) is 36.5. The highest BCUT2D eigenvalue weighted by Crippen LogP contribution is 2.28. The number of hydrogen-bond donors (Lipinski definition) is 1. The van der Waals surface area contributed by atoms with Crippen LogP contribution >= 0.6 is 0 Å². The number of methoxy groups -OCH3 is 1. The van der Waals surface area contributed by atoms with Crippen molar-refractivity contribution in [3.05, 3.63) is 0 Å². The van der Waals surface area contributed by atoms with Crippen LogP contribution in [0.1, 0.15) is 19.3 Å². The van der Waals surface area contributed by atoms with E-state index in [4.69, 9.17) is 4.74 Å². The summed E-state index contributed by atoms with van der Waals surface area (Å²) in [5, 5.41) is 3.17. The van der Waals surface area contributed by atoms with Crippen molar-refractivity contribution in [1.82, 2.24) is 5.32 Å². The van der Waals surface area contributed by atoms with E-state index in [1.54, 1.807) is 6.34 Å². The second-order valence-corrected chi connectivity index (χ2v) is 3.65. The number of nitrogens with zero attached hydrogens (tertiary/aromatic N) is 1. The molecule has 1 fully saturated rings.